The Kier molecular flexibility index (Phi) is 6.63. The zero-order valence-electron chi connectivity index (χ0n) is 20.1. The van der Waals surface area contributed by atoms with Crippen LogP contribution in [-0.2, 0) is 11.2 Å². The smallest absolute Gasteiger partial charge is 0.227 e. The van der Waals surface area contributed by atoms with Crippen molar-refractivity contribution in [2.24, 2.45) is 0 Å². The summed E-state index contributed by atoms with van der Waals surface area (Å²) in [6, 6.07) is 14.1. The topological polar surface area (TPSA) is 58.6 Å². The van der Waals surface area contributed by atoms with Gasteiger partial charge in [-0.3, -0.25) is 4.79 Å². The summed E-state index contributed by atoms with van der Waals surface area (Å²) in [4.78, 5) is 26.8. The van der Waals surface area contributed by atoms with Crippen LogP contribution in [0.25, 0.3) is 11.1 Å². The Morgan fingerprint density at radius 3 is 2.70 bits per heavy atom. The van der Waals surface area contributed by atoms with Gasteiger partial charge >= 0.3 is 0 Å². The summed E-state index contributed by atoms with van der Waals surface area (Å²) in [5, 5.41) is 0. The van der Waals surface area contributed by atoms with Gasteiger partial charge in [0.15, 0.2) is 0 Å². The fraction of sp³-hybridized carbons (Fsp3) is 0.370. The van der Waals surface area contributed by atoms with Gasteiger partial charge in [0.25, 0.3) is 0 Å². The molecule has 33 heavy (non-hydrogen) atoms. The van der Waals surface area contributed by atoms with Crippen LogP contribution < -0.4 is 9.64 Å². The molecule has 0 aliphatic carbocycles. The Morgan fingerprint density at radius 1 is 1.15 bits per heavy atom. The summed E-state index contributed by atoms with van der Waals surface area (Å²) < 4.78 is 5.43. The lowest BCUT2D eigenvalue weighted by molar-refractivity contribution is -0.131. The molecular weight excluding hydrogens is 412 g/mol. The molecule has 1 atom stereocenters. The van der Waals surface area contributed by atoms with Crippen molar-refractivity contribution in [3.8, 4) is 16.9 Å². The van der Waals surface area contributed by atoms with E-state index in [4.69, 9.17) is 9.72 Å². The van der Waals surface area contributed by atoms with Crippen molar-refractivity contribution in [3.63, 3.8) is 0 Å². The summed E-state index contributed by atoms with van der Waals surface area (Å²) >= 11 is 0. The fourth-order valence-electron chi connectivity index (χ4n) is 4.41. The highest BCUT2D eigenvalue weighted by molar-refractivity contribution is 5.80. The quantitative estimate of drug-likeness (QED) is 0.550. The number of likely N-dealkylation sites (tertiary alicyclic amines) is 1. The number of anilines is 1. The van der Waals surface area contributed by atoms with Gasteiger partial charge < -0.3 is 14.5 Å². The Labute approximate surface area is 196 Å². The molecule has 2 aromatic carbocycles. The predicted octanol–water partition coefficient (Wildman–Crippen LogP) is 4.74. The highest BCUT2D eigenvalue weighted by atomic mass is 16.5. The van der Waals surface area contributed by atoms with Gasteiger partial charge in [0.1, 0.15) is 5.75 Å². The third kappa shape index (κ3) is 4.85. The maximum Gasteiger partial charge on any atom is 0.227 e. The lowest BCUT2D eigenvalue weighted by atomic mass is 9.99. The highest BCUT2D eigenvalue weighted by Crippen LogP contribution is 2.38. The van der Waals surface area contributed by atoms with E-state index in [1.165, 1.54) is 11.1 Å². The number of carbonyl (C=O) groups excluding carboxylic acids is 1. The van der Waals surface area contributed by atoms with Crippen LogP contribution in [0.15, 0.2) is 48.7 Å². The minimum Gasteiger partial charge on any atom is -0.497 e. The Bertz CT molecular complexity index is 1160. The third-order valence-corrected chi connectivity index (χ3v) is 6.40. The summed E-state index contributed by atoms with van der Waals surface area (Å²) in [7, 11) is 5.53. The average molecular weight is 445 g/mol. The van der Waals surface area contributed by atoms with Gasteiger partial charge in [-0.25, -0.2) is 9.97 Å². The molecule has 1 aliphatic rings. The lowest BCUT2D eigenvalue weighted by Gasteiger charge is -2.27. The van der Waals surface area contributed by atoms with Crippen molar-refractivity contribution < 1.29 is 9.53 Å². The van der Waals surface area contributed by atoms with E-state index in [2.05, 4.69) is 37.0 Å². The number of rotatable bonds is 6. The van der Waals surface area contributed by atoms with E-state index in [0.29, 0.717) is 12.4 Å². The molecule has 0 saturated carbocycles. The molecule has 2 heterocycles. The first-order valence-corrected chi connectivity index (χ1v) is 11.4. The number of aromatic nitrogens is 2. The summed E-state index contributed by atoms with van der Waals surface area (Å²) in [6.07, 6.45) is 4.12. The SMILES string of the molecule is COc1cccc(-c2cnc(N(C)C)nc2[C@@H]2CCCN2C(=O)Cc2ccc(C)c(C)c2)c1. The Balaban J connectivity index is 1.70. The molecule has 0 spiro atoms. The molecule has 1 amide bonds. The minimum atomic E-state index is -0.0769. The van der Waals surface area contributed by atoms with Crippen molar-refractivity contribution in [1.82, 2.24) is 14.9 Å². The standard InChI is InChI=1S/C27H32N4O2/c1-18-11-12-20(14-19(18)2)15-25(32)31-13-7-10-24(31)26-23(17-28-27(29-26)30(3)4)21-8-6-9-22(16-21)33-5/h6,8-9,11-12,14,16-17,24H,7,10,13,15H2,1-5H3/t24-/m0/s1. The van der Waals surface area contributed by atoms with Crippen molar-refractivity contribution in [2.75, 3.05) is 32.6 Å². The number of carbonyl (C=O) groups is 1. The fourth-order valence-corrected chi connectivity index (χ4v) is 4.41. The second-order valence-corrected chi connectivity index (χ2v) is 8.94. The van der Waals surface area contributed by atoms with Crippen LogP contribution >= 0.6 is 0 Å². The minimum absolute atomic E-state index is 0.0769. The molecule has 6 heteroatoms. The van der Waals surface area contributed by atoms with Gasteiger partial charge in [-0.15, -0.1) is 0 Å². The molecular formula is C27H32N4O2. The number of hydrogen-bond acceptors (Lipinski definition) is 5. The van der Waals surface area contributed by atoms with Gasteiger partial charge in [-0.1, -0.05) is 30.3 Å². The van der Waals surface area contributed by atoms with Crippen molar-refractivity contribution in [3.05, 3.63) is 71.0 Å². The molecule has 3 aromatic rings. The van der Waals surface area contributed by atoms with E-state index < -0.39 is 0 Å². The molecule has 1 saturated heterocycles. The summed E-state index contributed by atoms with van der Waals surface area (Å²) in [5.41, 5.74) is 6.33. The molecule has 0 bridgehead atoms. The van der Waals surface area contributed by atoms with E-state index in [9.17, 15) is 4.79 Å². The van der Waals surface area contributed by atoms with E-state index in [-0.39, 0.29) is 11.9 Å². The van der Waals surface area contributed by atoms with Gasteiger partial charge in [-0.05, 0) is 61.1 Å². The zero-order chi connectivity index (χ0) is 23.5. The second kappa shape index (κ2) is 9.61. The monoisotopic (exact) mass is 444 g/mol. The molecule has 1 aliphatic heterocycles. The molecule has 0 radical (unpaired) electrons. The van der Waals surface area contributed by atoms with Crippen LogP contribution in [0.1, 0.15) is 41.3 Å². The maximum atomic E-state index is 13.4. The van der Waals surface area contributed by atoms with Gasteiger partial charge in [-0.2, -0.15) is 0 Å². The van der Waals surface area contributed by atoms with Crippen LogP contribution in [0.4, 0.5) is 5.95 Å². The van der Waals surface area contributed by atoms with Crippen molar-refractivity contribution in [2.45, 2.75) is 39.2 Å². The number of amides is 1. The third-order valence-electron chi connectivity index (χ3n) is 6.40. The Hall–Kier alpha value is -3.41. The first-order chi connectivity index (χ1) is 15.9. The first kappa shape index (κ1) is 22.8. The second-order valence-electron chi connectivity index (χ2n) is 8.94. The van der Waals surface area contributed by atoms with Crippen LogP contribution in [0.3, 0.4) is 0 Å². The first-order valence-electron chi connectivity index (χ1n) is 11.4. The van der Waals surface area contributed by atoms with Crippen LogP contribution in [0.5, 0.6) is 5.75 Å². The van der Waals surface area contributed by atoms with Gasteiger partial charge in [0.2, 0.25) is 11.9 Å². The van der Waals surface area contributed by atoms with Gasteiger partial charge in [0, 0.05) is 32.4 Å². The van der Waals surface area contributed by atoms with Crippen LogP contribution in [0.2, 0.25) is 0 Å². The largest absolute Gasteiger partial charge is 0.497 e. The molecule has 0 N–H and O–H groups in total. The molecule has 172 valence electrons. The summed E-state index contributed by atoms with van der Waals surface area (Å²) in [5.74, 6) is 1.57. The van der Waals surface area contributed by atoms with E-state index >= 15 is 0 Å². The van der Waals surface area contributed by atoms with E-state index in [0.717, 1.165) is 47.5 Å². The number of methoxy groups -OCH3 is 1. The lowest BCUT2D eigenvalue weighted by Crippen LogP contribution is -2.33. The maximum absolute atomic E-state index is 13.4. The zero-order valence-corrected chi connectivity index (χ0v) is 20.1. The van der Waals surface area contributed by atoms with Crippen molar-refractivity contribution >= 4 is 11.9 Å². The van der Waals surface area contributed by atoms with Crippen LogP contribution in [0, 0.1) is 13.8 Å². The highest BCUT2D eigenvalue weighted by Gasteiger charge is 2.33. The van der Waals surface area contributed by atoms with E-state index in [1.54, 1.807) is 7.11 Å². The summed E-state index contributed by atoms with van der Waals surface area (Å²) in [6.45, 7) is 4.92. The molecule has 6 nitrogen and oxygen atoms in total. The number of benzene rings is 2. The normalized spacial score (nSPS) is 15.5. The number of nitrogens with zero attached hydrogens (tertiary/aromatic N) is 4. The molecule has 1 aromatic heterocycles. The number of hydrogen-bond donors (Lipinski definition) is 0. The number of ether oxygens (including phenoxy) is 1. The Morgan fingerprint density at radius 2 is 1.97 bits per heavy atom. The van der Waals surface area contributed by atoms with Gasteiger partial charge in [0.05, 0.1) is 25.3 Å². The number of aryl methyl sites for hydroxylation is 2. The van der Waals surface area contributed by atoms with Crippen molar-refractivity contribution in [1.29, 1.82) is 0 Å². The molecule has 1 fully saturated rings. The average Bonchev–Trinajstić information content (AvgIpc) is 3.31. The predicted molar refractivity (Wildman–Crippen MR) is 132 cm³/mol. The van der Waals surface area contributed by atoms with Crippen LogP contribution in [-0.4, -0.2) is 48.5 Å². The molecule has 4 rings (SSSR count). The van der Waals surface area contributed by atoms with E-state index in [1.807, 2.05) is 54.4 Å². The molecule has 0 unspecified atom stereocenters.